The van der Waals surface area contributed by atoms with Crippen LogP contribution in [0.4, 0.5) is 0 Å². The van der Waals surface area contributed by atoms with Crippen LogP contribution in [0.5, 0.6) is 0 Å². The molecule has 3 nitrogen and oxygen atoms in total. The molecule has 2 aliphatic heterocycles. The molecule has 0 N–H and O–H groups in total. The molecule has 0 bridgehead atoms. The minimum Gasteiger partial charge on any atom is -0.376 e. The van der Waals surface area contributed by atoms with Gasteiger partial charge in [-0.3, -0.25) is 0 Å². The highest BCUT2D eigenvalue weighted by atomic mass is 16.6. The first-order valence-electron chi connectivity index (χ1n) is 10.7. The van der Waals surface area contributed by atoms with Crippen molar-refractivity contribution in [1.29, 1.82) is 0 Å². The number of rotatable bonds is 7. The lowest BCUT2D eigenvalue weighted by Crippen LogP contribution is -2.47. The molecule has 2 rings (SSSR count). The molecule has 2 heterocycles. The van der Waals surface area contributed by atoms with Crippen molar-refractivity contribution in [2.45, 2.75) is 98.6 Å². The Balaban J connectivity index is 1.94. The van der Waals surface area contributed by atoms with Gasteiger partial charge in [-0.1, -0.05) is 55.4 Å². The third kappa shape index (κ3) is 4.09. The van der Waals surface area contributed by atoms with Gasteiger partial charge in [0, 0.05) is 0 Å². The van der Waals surface area contributed by atoms with E-state index in [2.05, 4.69) is 55.4 Å². The van der Waals surface area contributed by atoms with E-state index in [1.807, 2.05) is 0 Å². The van der Waals surface area contributed by atoms with Crippen molar-refractivity contribution in [2.24, 2.45) is 29.6 Å². The number of ether oxygens (including phenoxy) is 3. The second kappa shape index (κ2) is 8.71. The monoisotopic (exact) mass is 354 g/mol. The van der Waals surface area contributed by atoms with Crippen molar-refractivity contribution in [3.63, 3.8) is 0 Å². The number of hydrogen-bond acceptors (Lipinski definition) is 3. The van der Waals surface area contributed by atoms with E-state index in [4.69, 9.17) is 14.2 Å². The lowest BCUT2D eigenvalue weighted by molar-refractivity contribution is -0.172. The molecule has 148 valence electrons. The second-order valence-corrected chi connectivity index (χ2v) is 8.84. The van der Waals surface area contributed by atoms with Crippen LogP contribution in [0, 0.1) is 29.6 Å². The second-order valence-electron chi connectivity index (χ2n) is 8.84. The molecule has 9 atom stereocenters. The molecule has 0 spiro atoms. The van der Waals surface area contributed by atoms with Crippen LogP contribution in [-0.2, 0) is 14.2 Å². The molecule has 2 fully saturated rings. The normalized spacial score (nSPS) is 48.0. The molecular weight excluding hydrogens is 312 g/mol. The van der Waals surface area contributed by atoms with Crippen LogP contribution < -0.4 is 0 Å². The van der Waals surface area contributed by atoms with Crippen molar-refractivity contribution < 1.29 is 14.2 Å². The molecule has 0 aliphatic carbocycles. The average molecular weight is 355 g/mol. The molecule has 0 aromatic heterocycles. The standard InChI is InChI=1S/C22H42O3/c1-9-19-15(5)14(4)16(6)21(24-19)12-23-13-22(11-3)18(8)17(7)20(10-2)25-22/h14-21H,9-13H2,1-8H3/t14-,15+,16?,17-,18?,19?,20-,21-,22+/m1/s1. The van der Waals surface area contributed by atoms with Crippen molar-refractivity contribution in [3.05, 3.63) is 0 Å². The van der Waals surface area contributed by atoms with Crippen LogP contribution in [0.25, 0.3) is 0 Å². The summed E-state index contributed by atoms with van der Waals surface area (Å²) < 4.78 is 19.1. The Morgan fingerprint density at radius 3 is 1.88 bits per heavy atom. The Bertz CT molecular complexity index is 410. The van der Waals surface area contributed by atoms with E-state index in [0.717, 1.165) is 19.3 Å². The summed E-state index contributed by atoms with van der Waals surface area (Å²) in [5, 5.41) is 0. The third-order valence-electron chi connectivity index (χ3n) is 7.80. The first kappa shape index (κ1) is 21.2. The molecule has 2 saturated heterocycles. The molecular formula is C22H42O3. The van der Waals surface area contributed by atoms with Gasteiger partial charge in [-0.25, -0.2) is 0 Å². The topological polar surface area (TPSA) is 27.7 Å². The van der Waals surface area contributed by atoms with Gasteiger partial charge in [0.15, 0.2) is 0 Å². The van der Waals surface area contributed by atoms with E-state index in [1.165, 1.54) is 0 Å². The zero-order valence-electron chi connectivity index (χ0n) is 17.9. The summed E-state index contributed by atoms with van der Waals surface area (Å²) in [6.45, 7) is 19.8. The quantitative estimate of drug-likeness (QED) is 0.619. The fourth-order valence-corrected chi connectivity index (χ4v) is 5.08. The van der Waals surface area contributed by atoms with Crippen LogP contribution in [0.3, 0.4) is 0 Å². The Labute approximate surface area is 156 Å². The summed E-state index contributed by atoms with van der Waals surface area (Å²) >= 11 is 0. The molecule has 0 aromatic rings. The smallest absolute Gasteiger partial charge is 0.0944 e. The fraction of sp³-hybridized carbons (Fsp3) is 1.00. The minimum absolute atomic E-state index is 0.124. The summed E-state index contributed by atoms with van der Waals surface area (Å²) in [6.07, 6.45) is 4.13. The maximum absolute atomic E-state index is 6.50. The Morgan fingerprint density at radius 1 is 0.760 bits per heavy atom. The van der Waals surface area contributed by atoms with Crippen LogP contribution >= 0.6 is 0 Å². The predicted octanol–water partition coefficient (Wildman–Crippen LogP) is 5.32. The largest absolute Gasteiger partial charge is 0.376 e. The maximum Gasteiger partial charge on any atom is 0.0944 e. The van der Waals surface area contributed by atoms with Crippen molar-refractivity contribution in [2.75, 3.05) is 13.2 Å². The van der Waals surface area contributed by atoms with E-state index in [9.17, 15) is 0 Å². The zero-order valence-corrected chi connectivity index (χ0v) is 17.9. The Kier molecular flexibility index (Phi) is 7.38. The first-order valence-corrected chi connectivity index (χ1v) is 10.7. The summed E-state index contributed by atoms with van der Waals surface area (Å²) in [7, 11) is 0. The van der Waals surface area contributed by atoms with Gasteiger partial charge < -0.3 is 14.2 Å². The average Bonchev–Trinajstić information content (AvgIpc) is 2.86. The van der Waals surface area contributed by atoms with Gasteiger partial charge in [-0.15, -0.1) is 0 Å². The first-order chi connectivity index (χ1) is 11.8. The van der Waals surface area contributed by atoms with Gasteiger partial charge in [0.1, 0.15) is 0 Å². The van der Waals surface area contributed by atoms with E-state index in [1.54, 1.807) is 0 Å². The maximum atomic E-state index is 6.50. The molecule has 25 heavy (non-hydrogen) atoms. The predicted molar refractivity (Wildman–Crippen MR) is 104 cm³/mol. The fourth-order valence-electron chi connectivity index (χ4n) is 5.08. The minimum atomic E-state index is -0.124. The van der Waals surface area contributed by atoms with Crippen molar-refractivity contribution in [3.8, 4) is 0 Å². The highest BCUT2D eigenvalue weighted by Gasteiger charge is 2.49. The Morgan fingerprint density at radius 2 is 1.36 bits per heavy atom. The van der Waals surface area contributed by atoms with Crippen LogP contribution in [0.15, 0.2) is 0 Å². The van der Waals surface area contributed by atoms with Crippen LogP contribution in [0.2, 0.25) is 0 Å². The van der Waals surface area contributed by atoms with Crippen LogP contribution in [-0.4, -0.2) is 37.1 Å². The van der Waals surface area contributed by atoms with Crippen LogP contribution in [0.1, 0.15) is 74.7 Å². The summed E-state index contributed by atoms with van der Waals surface area (Å²) in [6, 6.07) is 0. The third-order valence-corrected chi connectivity index (χ3v) is 7.80. The summed E-state index contributed by atoms with van der Waals surface area (Å²) in [5.41, 5.74) is -0.124. The molecule has 2 aliphatic rings. The van der Waals surface area contributed by atoms with E-state index < -0.39 is 0 Å². The molecule has 0 amide bonds. The van der Waals surface area contributed by atoms with Gasteiger partial charge in [-0.05, 0) is 48.9 Å². The van der Waals surface area contributed by atoms with Gasteiger partial charge >= 0.3 is 0 Å². The summed E-state index contributed by atoms with van der Waals surface area (Å²) in [5.74, 6) is 2.99. The lowest BCUT2D eigenvalue weighted by Gasteiger charge is -2.44. The molecule has 0 saturated carbocycles. The van der Waals surface area contributed by atoms with E-state index in [-0.39, 0.29) is 11.7 Å². The van der Waals surface area contributed by atoms with Gasteiger partial charge in [0.2, 0.25) is 0 Å². The number of hydrogen-bond donors (Lipinski definition) is 0. The molecule has 3 heteroatoms. The van der Waals surface area contributed by atoms with Gasteiger partial charge in [0.25, 0.3) is 0 Å². The van der Waals surface area contributed by atoms with Crippen molar-refractivity contribution >= 4 is 0 Å². The highest BCUT2D eigenvalue weighted by Crippen LogP contribution is 2.44. The molecule has 0 aromatic carbocycles. The van der Waals surface area contributed by atoms with E-state index in [0.29, 0.717) is 55.0 Å². The SMILES string of the molecule is CCC1O[C@H](COC[C@]2(CC)O[C@H](CC)[C@H](C)C2C)C(C)[C@H](C)[C@@H]1C. The zero-order chi connectivity index (χ0) is 18.8. The van der Waals surface area contributed by atoms with E-state index >= 15 is 0 Å². The molecule has 3 unspecified atom stereocenters. The lowest BCUT2D eigenvalue weighted by atomic mass is 9.76. The Hall–Kier alpha value is -0.120. The van der Waals surface area contributed by atoms with Gasteiger partial charge in [-0.2, -0.15) is 0 Å². The molecule has 0 radical (unpaired) electrons. The van der Waals surface area contributed by atoms with Crippen molar-refractivity contribution in [1.82, 2.24) is 0 Å². The summed E-state index contributed by atoms with van der Waals surface area (Å²) in [4.78, 5) is 0. The highest BCUT2D eigenvalue weighted by molar-refractivity contribution is 4.97. The van der Waals surface area contributed by atoms with Gasteiger partial charge in [0.05, 0.1) is 37.1 Å².